The molecule has 0 aliphatic heterocycles. The second-order valence-electron chi connectivity index (χ2n) is 4.39. The molecule has 0 saturated heterocycles. The van der Waals surface area contributed by atoms with E-state index in [9.17, 15) is 0 Å². The van der Waals surface area contributed by atoms with Gasteiger partial charge >= 0.3 is 0 Å². The van der Waals surface area contributed by atoms with E-state index in [4.69, 9.17) is 5.84 Å². The van der Waals surface area contributed by atoms with Gasteiger partial charge in [-0.3, -0.25) is 10.8 Å². The van der Waals surface area contributed by atoms with E-state index < -0.39 is 0 Å². The highest BCUT2D eigenvalue weighted by Crippen LogP contribution is 2.21. The maximum atomic E-state index is 5.68. The summed E-state index contributed by atoms with van der Waals surface area (Å²) in [4.78, 5) is 8.86. The van der Waals surface area contributed by atoms with Gasteiger partial charge in [0.1, 0.15) is 11.9 Å². The highest BCUT2D eigenvalue weighted by molar-refractivity contribution is 5.29. The van der Waals surface area contributed by atoms with Gasteiger partial charge in [0.05, 0.1) is 5.69 Å². The zero-order valence-electron chi connectivity index (χ0n) is 11.0. The van der Waals surface area contributed by atoms with Crippen LogP contribution in [0.3, 0.4) is 0 Å². The minimum Gasteiger partial charge on any atom is -0.334 e. The highest BCUT2D eigenvalue weighted by Gasteiger charge is 2.20. The molecule has 2 heterocycles. The van der Waals surface area contributed by atoms with Crippen molar-refractivity contribution in [2.75, 3.05) is 0 Å². The van der Waals surface area contributed by atoms with E-state index in [1.54, 1.807) is 6.20 Å². The van der Waals surface area contributed by atoms with Gasteiger partial charge in [0.15, 0.2) is 0 Å². The maximum Gasteiger partial charge on any atom is 0.133 e. The molecule has 0 amide bonds. The Morgan fingerprint density at radius 2 is 2.17 bits per heavy atom. The number of nitrogens with one attached hydrogen (secondary N) is 1. The maximum absolute atomic E-state index is 5.68. The van der Waals surface area contributed by atoms with Crippen LogP contribution in [0, 0.1) is 13.8 Å². The molecule has 5 heteroatoms. The quantitative estimate of drug-likeness (QED) is 0.632. The minimum atomic E-state index is -0.180. The lowest BCUT2D eigenvalue weighted by Gasteiger charge is -2.18. The van der Waals surface area contributed by atoms with E-state index in [2.05, 4.69) is 33.0 Å². The van der Waals surface area contributed by atoms with Crippen LogP contribution in [-0.4, -0.2) is 14.5 Å². The Morgan fingerprint density at radius 3 is 2.78 bits per heavy atom. The lowest BCUT2D eigenvalue weighted by Crippen LogP contribution is -2.32. The molecule has 0 aliphatic carbocycles. The summed E-state index contributed by atoms with van der Waals surface area (Å²) in [7, 11) is 0. The van der Waals surface area contributed by atoms with Gasteiger partial charge < -0.3 is 4.57 Å². The van der Waals surface area contributed by atoms with Crippen LogP contribution in [0.15, 0.2) is 24.7 Å². The summed E-state index contributed by atoms with van der Waals surface area (Å²) in [6.45, 7) is 7.01. The van der Waals surface area contributed by atoms with Crippen molar-refractivity contribution in [1.82, 2.24) is 20.0 Å². The number of nitrogens with zero attached hydrogens (tertiary/aromatic N) is 3. The highest BCUT2D eigenvalue weighted by atomic mass is 15.3. The predicted molar refractivity (Wildman–Crippen MR) is 70.8 cm³/mol. The number of aromatic nitrogens is 3. The Labute approximate surface area is 107 Å². The Morgan fingerprint density at radius 1 is 1.39 bits per heavy atom. The molecule has 2 aromatic rings. The number of hydrogen-bond acceptors (Lipinski definition) is 4. The molecule has 18 heavy (non-hydrogen) atoms. The fourth-order valence-corrected chi connectivity index (χ4v) is 2.15. The summed E-state index contributed by atoms with van der Waals surface area (Å²) in [5.41, 5.74) is 5.99. The zero-order chi connectivity index (χ0) is 13.1. The molecular formula is C13H19N5. The number of hydrazine groups is 1. The Balaban J connectivity index is 2.45. The smallest absolute Gasteiger partial charge is 0.133 e. The van der Waals surface area contributed by atoms with E-state index in [1.807, 2.05) is 26.2 Å². The minimum absolute atomic E-state index is 0.180. The molecule has 0 bridgehead atoms. The third kappa shape index (κ3) is 2.27. The summed E-state index contributed by atoms with van der Waals surface area (Å²) in [5, 5.41) is 0. The molecule has 0 fully saturated rings. The second-order valence-corrected chi connectivity index (χ2v) is 4.39. The molecule has 2 rings (SSSR count). The van der Waals surface area contributed by atoms with E-state index in [1.165, 1.54) is 0 Å². The molecule has 0 spiro atoms. The summed E-state index contributed by atoms with van der Waals surface area (Å²) < 4.78 is 2.06. The second kappa shape index (κ2) is 5.29. The van der Waals surface area contributed by atoms with Crippen LogP contribution >= 0.6 is 0 Å². The summed E-state index contributed by atoms with van der Waals surface area (Å²) in [6, 6.07) is 1.92. The standard InChI is InChI=1S/C13H19N5/c1-4-18-6-5-15-13(18)12(17-14)11-10(3)7-9(2)8-16-11/h5-8,12,17H,4,14H2,1-3H3. The van der Waals surface area contributed by atoms with Gasteiger partial charge in [0, 0.05) is 25.1 Å². The van der Waals surface area contributed by atoms with Crippen LogP contribution in [0.4, 0.5) is 0 Å². The van der Waals surface area contributed by atoms with Gasteiger partial charge in [-0.15, -0.1) is 0 Å². The van der Waals surface area contributed by atoms with Crippen molar-refractivity contribution in [2.24, 2.45) is 5.84 Å². The number of hydrogen-bond donors (Lipinski definition) is 2. The average molecular weight is 245 g/mol. The molecule has 3 N–H and O–H groups in total. The van der Waals surface area contributed by atoms with Gasteiger partial charge in [-0.25, -0.2) is 10.4 Å². The monoisotopic (exact) mass is 245 g/mol. The first-order chi connectivity index (χ1) is 8.67. The van der Waals surface area contributed by atoms with Gasteiger partial charge in [-0.2, -0.15) is 0 Å². The van der Waals surface area contributed by atoms with Crippen LogP contribution in [0.2, 0.25) is 0 Å². The Bertz CT molecular complexity index is 532. The first-order valence-electron chi connectivity index (χ1n) is 6.07. The van der Waals surface area contributed by atoms with Crippen molar-refractivity contribution in [3.8, 4) is 0 Å². The molecule has 1 unspecified atom stereocenters. The van der Waals surface area contributed by atoms with Gasteiger partial charge in [0.2, 0.25) is 0 Å². The van der Waals surface area contributed by atoms with Crippen molar-refractivity contribution < 1.29 is 0 Å². The molecule has 1 atom stereocenters. The third-order valence-electron chi connectivity index (χ3n) is 3.04. The lowest BCUT2D eigenvalue weighted by atomic mass is 10.1. The van der Waals surface area contributed by atoms with E-state index in [-0.39, 0.29) is 6.04 Å². The van der Waals surface area contributed by atoms with Crippen molar-refractivity contribution in [3.63, 3.8) is 0 Å². The van der Waals surface area contributed by atoms with E-state index in [0.717, 1.165) is 29.2 Å². The predicted octanol–water partition coefficient (Wildman–Crippen LogP) is 1.47. The number of nitrogens with two attached hydrogens (primary N) is 1. The van der Waals surface area contributed by atoms with Crippen LogP contribution in [0.1, 0.15) is 35.6 Å². The van der Waals surface area contributed by atoms with Crippen LogP contribution in [0.25, 0.3) is 0 Å². The number of rotatable bonds is 4. The summed E-state index contributed by atoms with van der Waals surface area (Å²) in [5.74, 6) is 6.57. The number of aryl methyl sites for hydroxylation is 3. The molecule has 0 radical (unpaired) electrons. The van der Waals surface area contributed by atoms with Gasteiger partial charge in [-0.05, 0) is 31.9 Å². The zero-order valence-corrected chi connectivity index (χ0v) is 11.0. The topological polar surface area (TPSA) is 68.8 Å². The van der Waals surface area contributed by atoms with E-state index in [0.29, 0.717) is 0 Å². The summed E-state index contributed by atoms with van der Waals surface area (Å²) in [6.07, 6.45) is 5.59. The van der Waals surface area contributed by atoms with Crippen LogP contribution in [-0.2, 0) is 6.54 Å². The first-order valence-corrected chi connectivity index (χ1v) is 6.07. The third-order valence-corrected chi connectivity index (χ3v) is 3.04. The van der Waals surface area contributed by atoms with Crippen molar-refractivity contribution in [1.29, 1.82) is 0 Å². The van der Waals surface area contributed by atoms with Crippen molar-refractivity contribution in [2.45, 2.75) is 33.4 Å². The van der Waals surface area contributed by atoms with Gasteiger partial charge in [-0.1, -0.05) is 6.07 Å². The Hall–Kier alpha value is -1.72. The molecule has 0 aliphatic rings. The average Bonchev–Trinajstić information content (AvgIpc) is 2.81. The van der Waals surface area contributed by atoms with Gasteiger partial charge in [0.25, 0.3) is 0 Å². The first kappa shape index (κ1) is 12.7. The summed E-state index contributed by atoms with van der Waals surface area (Å²) >= 11 is 0. The molecular weight excluding hydrogens is 226 g/mol. The fourth-order valence-electron chi connectivity index (χ4n) is 2.15. The fraction of sp³-hybridized carbons (Fsp3) is 0.385. The largest absolute Gasteiger partial charge is 0.334 e. The molecule has 0 aromatic carbocycles. The lowest BCUT2D eigenvalue weighted by molar-refractivity contribution is 0.547. The molecule has 5 nitrogen and oxygen atoms in total. The Kier molecular flexibility index (Phi) is 3.74. The van der Waals surface area contributed by atoms with Crippen LogP contribution < -0.4 is 11.3 Å². The van der Waals surface area contributed by atoms with E-state index >= 15 is 0 Å². The van der Waals surface area contributed by atoms with Crippen LogP contribution in [0.5, 0.6) is 0 Å². The molecule has 96 valence electrons. The SMILES string of the molecule is CCn1ccnc1C(NN)c1ncc(C)cc1C. The number of imidazole rings is 1. The number of pyridine rings is 1. The normalized spacial score (nSPS) is 12.7. The van der Waals surface area contributed by atoms with Crippen molar-refractivity contribution >= 4 is 0 Å². The molecule has 0 saturated carbocycles. The molecule has 2 aromatic heterocycles. The van der Waals surface area contributed by atoms with Crippen molar-refractivity contribution in [3.05, 3.63) is 47.3 Å².